The maximum Gasteiger partial charge on any atom is 0.523 e. The van der Waals surface area contributed by atoms with Gasteiger partial charge in [0.2, 0.25) is 0 Å². The Bertz CT molecular complexity index is 3040. The average molecular weight is 1150 g/mol. The van der Waals surface area contributed by atoms with Crippen molar-refractivity contribution < 1.29 is 68.7 Å². The van der Waals surface area contributed by atoms with E-state index < -0.39 is 69.2 Å². The van der Waals surface area contributed by atoms with Crippen LogP contribution in [-0.4, -0.2) is 123 Å². The summed E-state index contributed by atoms with van der Waals surface area (Å²) in [6.45, 7) is -0.0947. The molecule has 408 valence electrons. The van der Waals surface area contributed by atoms with E-state index in [9.17, 15) is 36.0 Å². The predicted octanol–water partition coefficient (Wildman–Crippen LogP) is 8.17. The lowest BCUT2D eigenvalue weighted by molar-refractivity contribution is -0.154. The summed E-state index contributed by atoms with van der Waals surface area (Å²) in [6, 6.07) is 48.3. The number of amides is 2. The third-order valence-corrected chi connectivity index (χ3v) is 16.9. The Balaban J connectivity index is 0.000000461. The topological polar surface area (TPSA) is 203 Å². The van der Waals surface area contributed by atoms with Gasteiger partial charge >= 0.3 is 21.6 Å². The molecule has 2 amide bonds. The molecule has 0 spiro atoms. The van der Waals surface area contributed by atoms with E-state index in [1.165, 1.54) is 46.9 Å². The molecule has 2 N–H and O–H groups in total. The van der Waals surface area contributed by atoms with Crippen molar-refractivity contribution in [1.29, 1.82) is 0 Å². The van der Waals surface area contributed by atoms with Crippen LogP contribution in [0.3, 0.4) is 0 Å². The van der Waals surface area contributed by atoms with Gasteiger partial charge in [0.1, 0.15) is 55.1 Å². The molecule has 3 saturated heterocycles. The van der Waals surface area contributed by atoms with Gasteiger partial charge < -0.3 is 39.2 Å². The van der Waals surface area contributed by atoms with Crippen molar-refractivity contribution >= 4 is 73.6 Å². The molecule has 0 bridgehead atoms. The predicted molar refractivity (Wildman–Crippen MR) is 286 cm³/mol. The fourth-order valence-electron chi connectivity index (χ4n) is 8.69. The first-order valence-corrected chi connectivity index (χ1v) is 28.4. The number of β-lactam (4-membered cyclic amide) rings is 1. The molecule has 0 radical (unpaired) electrons. The van der Waals surface area contributed by atoms with Gasteiger partial charge in [-0.25, -0.2) is 9.78 Å². The standard InChI is InChI=1S/C49H43N5O7S3.C5H7F3O5S/c1-58-53-40(38-29-64-48(50-38)52-49(34-21-11-4-12-22-34,35-23-13-5-14-24-35)36-25-15-6-16-26-36)44(55)51-41-45(56)54-42(39(30-63-46(41)54)62-28-37-27-59-31-60-37)47(57)61-43(32-17-7-2-8-18-32)33-19-9-3-10-20-33;6-5(7,8)14(9,10)13-2-4-1-11-3-12-4/h2-26,29,37,41,43,46H,27-28,30-31H2,1H3,(H,50,52)(H,51,55);4H,1-3H2/b53-40-;/t37?,41?,46-;/m0./s1. The summed E-state index contributed by atoms with van der Waals surface area (Å²) in [5.41, 5.74) is -1.43. The van der Waals surface area contributed by atoms with Crippen LogP contribution in [0, 0.1) is 0 Å². The van der Waals surface area contributed by atoms with Crippen molar-refractivity contribution in [1.82, 2.24) is 15.2 Å². The van der Waals surface area contributed by atoms with E-state index in [4.69, 9.17) is 24.0 Å². The lowest BCUT2D eigenvalue weighted by Gasteiger charge is -2.49. The first-order chi connectivity index (χ1) is 37.8. The van der Waals surface area contributed by atoms with Gasteiger partial charge in [0.25, 0.3) is 11.8 Å². The summed E-state index contributed by atoms with van der Waals surface area (Å²) >= 11 is 4.21. The Labute approximate surface area is 459 Å². The number of aromatic nitrogens is 1. The number of esters is 1. The number of oxime groups is 1. The second-order valence-corrected chi connectivity index (χ2v) is 22.1. The van der Waals surface area contributed by atoms with Crippen molar-refractivity contribution in [2.45, 2.75) is 40.8 Å². The summed E-state index contributed by atoms with van der Waals surface area (Å²) < 4.78 is 86.3. The number of alkyl halides is 3. The Hall–Kier alpha value is -6.61. The molecule has 4 atom stereocenters. The highest BCUT2D eigenvalue weighted by Gasteiger charge is 2.55. The summed E-state index contributed by atoms with van der Waals surface area (Å²) in [5.74, 6) is -0.837. The van der Waals surface area contributed by atoms with Crippen LogP contribution in [0.5, 0.6) is 0 Å². The molecule has 4 aliphatic rings. The molecule has 0 aliphatic carbocycles. The van der Waals surface area contributed by atoms with Crippen molar-refractivity contribution in [3.05, 3.63) is 201 Å². The minimum atomic E-state index is -5.52. The zero-order valence-corrected chi connectivity index (χ0v) is 44.6. The third kappa shape index (κ3) is 12.8. The van der Waals surface area contributed by atoms with Crippen LogP contribution < -0.4 is 10.6 Å². The first-order valence-electron chi connectivity index (χ1n) is 24.1. The van der Waals surface area contributed by atoms with Crippen LogP contribution in [0.15, 0.2) is 173 Å². The van der Waals surface area contributed by atoms with E-state index in [0.717, 1.165) is 27.8 Å². The van der Waals surface area contributed by atoms with Crippen molar-refractivity contribution in [3.8, 4) is 0 Å². The number of carbonyl (C=O) groups excluding carboxylic acids is 3. The van der Waals surface area contributed by atoms with E-state index in [2.05, 4.69) is 65.8 Å². The quantitative estimate of drug-likeness (QED) is 0.0149. The van der Waals surface area contributed by atoms with E-state index in [1.807, 2.05) is 115 Å². The average Bonchev–Trinajstić information content (AvgIpc) is 4.40. The number of benzene rings is 5. The molecule has 5 heterocycles. The summed E-state index contributed by atoms with van der Waals surface area (Å²) in [4.78, 5) is 55.2. The molecule has 0 saturated carbocycles. The Kier molecular flexibility index (Phi) is 18.3. The lowest BCUT2D eigenvalue weighted by Crippen LogP contribution is -2.71. The number of fused-ring (bicyclic) bond motifs is 1. The van der Waals surface area contributed by atoms with Gasteiger partial charge in [0, 0.05) is 21.8 Å². The van der Waals surface area contributed by atoms with Crippen molar-refractivity contribution in [3.63, 3.8) is 0 Å². The van der Waals surface area contributed by atoms with Crippen LogP contribution in [-0.2, 0) is 62.7 Å². The number of carbonyl (C=O) groups is 3. The normalized spacial score (nSPS) is 19.6. The van der Waals surface area contributed by atoms with E-state index in [1.54, 1.807) is 5.38 Å². The lowest BCUT2D eigenvalue weighted by atomic mass is 9.77. The smallest absolute Gasteiger partial charge is 0.448 e. The molecular weight excluding hydrogens is 1100 g/mol. The number of ether oxygens (including phenoxy) is 5. The highest BCUT2D eigenvalue weighted by Crippen LogP contribution is 2.45. The largest absolute Gasteiger partial charge is 0.523 e. The van der Waals surface area contributed by atoms with E-state index in [0.29, 0.717) is 28.1 Å². The third-order valence-electron chi connectivity index (χ3n) is 12.4. The number of hydrogen-bond donors (Lipinski definition) is 2. The molecule has 17 nitrogen and oxygen atoms in total. The van der Waals surface area contributed by atoms with Crippen LogP contribution >= 0.6 is 34.9 Å². The summed E-state index contributed by atoms with van der Waals surface area (Å²) in [6.07, 6.45) is -1.67. The highest BCUT2D eigenvalue weighted by atomic mass is 32.2. The highest BCUT2D eigenvalue weighted by molar-refractivity contribution is 8.06. The molecule has 78 heavy (non-hydrogen) atoms. The van der Waals surface area contributed by atoms with Gasteiger partial charge in [0.05, 0.1) is 25.9 Å². The molecule has 1 aromatic heterocycles. The van der Waals surface area contributed by atoms with Gasteiger partial charge in [-0.15, -0.1) is 34.9 Å². The number of hydrogen-bond acceptors (Lipinski definition) is 18. The molecule has 3 fully saturated rings. The number of halogens is 3. The monoisotopic (exact) mass is 1150 g/mol. The summed E-state index contributed by atoms with van der Waals surface area (Å²) in [5, 5.41) is 12.4. The van der Waals surface area contributed by atoms with Crippen LogP contribution in [0.2, 0.25) is 0 Å². The maximum absolute atomic E-state index is 14.5. The Morgan fingerprint density at radius 2 is 1.33 bits per heavy atom. The van der Waals surface area contributed by atoms with Crippen molar-refractivity contribution in [2.24, 2.45) is 5.16 Å². The zero-order chi connectivity index (χ0) is 54.7. The molecule has 6 aromatic rings. The second kappa shape index (κ2) is 25.5. The van der Waals surface area contributed by atoms with E-state index >= 15 is 0 Å². The van der Waals surface area contributed by atoms with Gasteiger partial charge in [-0.1, -0.05) is 157 Å². The van der Waals surface area contributed by atoms with Crippen LogP contribution in [0.25, 0.3) is 0 Å². The number of nitrogens with zero attached hydrogens (tertiary/aromatic N) is 3. The maximum atomic E-state index is 14.5. The minimum absolute atomic E-state index is 0.0212. The summed E-state index contributed by atoms with van der Waals surface area (Å²) in [7, 11) is -4.17. The molecule has 4 aliphatic heterocycles. The van der Waals surface area contributed by atoms with Crippen molar-refractivity contribution in [2.75, 3.05) is 57.3 Å². The van der Waals surface area contributed by atoms with Gasteiger partial charge in [-0.3, -0.25) is 18.7 Å². The van der Waals surface area contributed by atoms with Gasteiger partial charge in [-0.2, -0.15) is 21.6 Å². The molecule has 10 rings (SSSR count). The number of thiazole rings is 1. The Morgan fingerprint density at radius 3 is 1.83 bits per heavy atom. The molecule has 24 heteroatoms. The fourth-order valence-corrected chi connectivity index (χ4v) is 12.5. The zero-order valence-electron chi connectivity index (χ0n) is 41.4. The van der Waals surface area contributed by atoms with Crippen LogP contribution in [0.1, 0.15) is 39.6 Å². The molecular formula is C54H50F3N5O12S4. The SMILES string of the molecule is CO/N=C(\C(=O)NC1C(=O)N2C(C(=O)OC(c3ccccc3)c3ccccc3)=C(SCC3COCO3)CS[C@@H]12)c1csc(NC(c2ccccc2)(c2ccccc2)c2ccccc2)n1.O=S(=O)(OCC1COCO1)C(F)(F)F. The number of nitrogens with one attached hydrogen (secondary N) is 2. The first kappa shape index (κ1) is 56.1. The fraction of sp³-hybridized carbons (Fsp3) is 0.278. The molecule has 5 aromatic carbocycles. The Morgan fingerprint density at radius 1 is 0.808 bits per heavy atom. The van der Waals surface area contributed by atoms with E-state index in [-0.39, 0.29) is 43.4 Å². The minimum Gasteiger partial charge on any atom is -0.448 e. The van der Waals surface area contributed by atoms with Gasteiger partial charge in [-0.05, 0) is 27.8 Å². The van der Waals surface area contributed by atoms with Gasteiger partial charge in [0.15, 0.2) is 16.9 Å². The number of anilines is 1. The molecule has 3 unspecified atom stereocenters. The number of thioether (sulfide) groups is 2. The van der Waals surface area contributed by atoms with Crippen LogP contribution in [0.4, 0.5) is 18.3 Å². The number of rotatable bonds is 19. The second-order valence-electron chi connectivity index (χ2n) is 17.4.